The Bertz CT molecular complexity index is 456. The van der Waals surface area contributed by atoms with E-state index in [2.05, 4.69) is 12.2 Å². The molecule has 0 radical (unpaired) electrons. The van der Waals surface area contributed by atoms with Gasteiger partial charge >= 0.3 is 0 Å². The van der Waals surface area contributed by atoms with E-state index in [1.807, 2.05) is 12.1 Å². The van der Waals surface area contributed by atoms with E-state index in [0.717, 1.165) is 30.9 Å². The summed E-state index contributed by atoms with van der Waals surface area (Å²) in [5.41, 5.74) is 1.10. The molecule has 1 N–H and O–H groups in total. The van der Waals surface area contributed by atoms with Gasteiger partial charge in [0.2, 0.25) is 0 Å². The Kier molecular flexibility index (Phi) is 6.18. The van der Waals surface area contributed by atoms with E-state index >= 15 is 0 Å². The van der Waals surface area contributed by atoms with E-state index in [-0.39, 0.29) is 10.6 Å². The molecule has 1 aromatic carbocycles. The molecule has 0 heterocycles. The van der Waals surface area contributed by atoms with Crippen molar-refractivity contribution in [2.24, 2.45) is 5.92 Å². The highest BCUT2D eigenvalue weighted by Gasteiger charge is 2.21. The highest BCUT2D eigenvalue weighted by atomic mass is 16.6. The number of nitrogens with zero attached hydrogens (tertiary/aromatic N) is 1. The lowest BCUT2D eigenvalue weighted by atomic mass is 9.83. The molecular formula is C17H26N2O2. The quantitative estimate of drug-likeness (QED) is 0.608. The van der Waals surface area contributed by atoms with Crippen molar-refractivity contribution < 1.29 is 4.92 Å². The first-order valence-corrected chi connectivity index (χ1v) is 8.16. The van der Waals surface area contributed by atoms with Crippen LogP contribution in [0.3, 0.4) is 0 Å². The summed E-state index contributed by atoms with van der Waals surface area (Å²) in [5, 5.41) is 14.7. The number of likely N-dealkylation sites (N-methyl/N-ethyl adjacent to an activating group) is 1. The fourth-order valence-corrected chi connectivity index (χ4v) is 3.48. The summed E-state index contributed by atoms with van der Waals surface area (Å²) in [5.74, 6) is 0.783. The Labute approximate surface area is 127 Å². The monoisotopic (exact) mass is 290 g/mol. The Morgan fingerprint density at radius 3 is 2.67 bits per heavy atom. The van der Waals surface area contributed by atoms with Crippen LogP contribution in [-0.2, 0) is 6.42 Å². The van der Waals surface area contributed by atoms with Crippen molar-refractivity contribution in [3.63, 3.8) is 0 Å². The molecule has 0 aliphatic heterocycles. The summed E-state index contributed by atoms with van der Waals surface area (Å²) in [4.78, 5) is 10.9. The summed E-state index contributed by atoms with van der Waals surface area (Å²) < 4.78 is 0. The van der Waals surface area contributed by atoms with Crippen molar-refractivity contribution >= 4 is 5.69 Å². The van der Waals surface area contributed by atoms with E-state index in [1.54, 1.807) is 12.1 Å². The van der Waals surface area contributed by atoms with Gasteiger partial charge in [-0.2, -0.15) is 0 Å². The van der Waals surface area contributed by atoms with Crippen LogP contribution in [0.1, 0.15) is 51.0 Å². The Balaban J connectivity index is 2.03. The van der Waals surface area contributed by atoms with Gasteiger partial charge in [-0.3, -0.25) is 10.1 Å². The number of hydrogen-bond acceptors (Lipinski definition) is 3. The van der Waals surface area contributed by atoms with E-state index in [0.29, 0.717) is 6.04 Å². The van der Waals surface area contributed by atoms with Gasteiger partial charge in [-0.15, -0.1) is 0 Å². The summed E-state index contributed by atoms with van der Waals surface area (Å²) in [6.45, 7) is 3.02. The zero-order valence-corrected chi connectivity index (χ0v) is 12.9. The minimum absolute atomic E-state index is 0.254. The van der Waals surface area contributed by atoms with Crippen molar-refractivity contribution in [2.45, 2.75) is 57.9 Å². The van der Waals surface area contributed by atoms with Crippen molar-refractivity contribution in [2.75, 3.05) is 6.54 Å². The van der Waals surface area contributed by atoms with Crippen LogP contribution < -0.4 is 5.32 Å². The predicted molar refractivity (Wildman–Crippen MR) is 85.5 cm³/mol. The molecule has 0 aromatic heterocycles. The van der Waals surface area contributed by atoms with Gasteiger partial charge in [0, 0.05) is 17.7 Å². The van der Waals surface area contributed by atoms with Gasteiger partial charge in [0.1, 0.15) is 0 Å². The van der Waals surface area contributed by atoms with E-state index in [1.165, 1.54) is 32.1 Å². The number of nitro benzene ring substituents is 1. The molecule has 4 heteroatoms. The van der Waals surface area contributed by atoms with Gasteiger partial charge in [0.05, 0.1) is 4.92 Å². The minimum Gasteiger partial charge on any atom is -0.314 e. The van der Waals surface area contributed by atoms with Gasteiger partial charge in [0.15, 0.2) is 0 Å². The first kappa shape index (κ1) is 16.0. The summed E-state index contributed by atoms with van der Waals surface area (Å²) >= 11 is 0. The molecule has 0 saturated heterocycles. The van der Waals surface area contributed by atoms with Crippen molar-refractivity contribution in [3.05, 3.63) is 39.9 Å². The third-order valence-electron chi connectivity index (χ3n) is 4.49. The Morgan fingerprint density at radius 2 is 2.00 bits per heavy atom. The lowest BCUT2D eigenvalue weighted by Gasteiger charge is -2.27. The lowest BCUT2D eigenvalue weighted by molar-refractivity contribution is -0.385. The molecule has 4 nitrogen and oxygen atoms in total. The van der Waals surface area contributed by atoms with Gasteiger partial charge in [-0.25, -0.2) is 0 Å². The molecule has 1 unspecified atom stereocenters. The smallest absolute Gasteiger partial charge is 0.272 e. The molecule has 1 atom stereocenters. The average Bonchev–Trinajstić information content (AvgIpc) is 2.49. The second kappa shape index (κ2) is 8.13. The van der Waals surface area contributed by atoms with Crippen molar-refractivity contribution in [1.82, 2.24) is 5.32 Å². The van der Waals surface area contributed by atoms with Crippen LogP contribution in [0, 0.1) is 16.0 Å². The maximum Gasteiger partial charge on any atom is 0.272 e. The molecule has 21 heavy (non-hydrogen) atoms. The second-order valence-electron chi connectivity index (χ2n) is 6.08. The normalized spacial score (nSPS) is 17.6. The minimum atomic E-state index is -0.265. The number of para-hydroxylation sites is 1. The maximum atomic E-state index is 11.1. The largest absolute Gasteiger partial charge is 0.314 e. The molecule has 1 saturated carbocycles. The standard InChI is InChI=1S/C17H26N2O2/c1-2-18-16(12-14-8-4-3-5-9-14)13-15-10-6-7-11-17(15)19(20)21/h6-7,10-11,14,16,18H,2-5,8-9,12-13H2,1H3. The Morgan fingerprint density at radius 1 is 1.29 bits per heavy atom. The third kappa shape index (κ3) is 4.81. The number of rotatable bonds is 7. The maximum absolute atomic E-state index is 11.1. The first-order chi connectivity index (χ1) is 10.2. The molecule has 1 aliphatic carbocycles. The number of nitro groups is 1. The number of benzene rings is 1. The summed E-state index contributed by atoms with van der Waals surface area (Å²) in [6, 6.07) is 7.48. The van der Waals surface area contributed by atoms with Crippen molar-refractivity contribution in [1.29, 1.82) is 0 Å². The molecule has 1 aromatic rings. The SMILES string of the molecule is CCNC(Cc1ccccc1[N+](=O)[O-])CC1CCCCC1. The van der Waals surface area contributed by atoms with Crippen LogP contribution in [-0.4, -0.2) is 17.5 Å². The van der Waals surface area contributed by atoms with Gasteiger partial charge in [-0.1, -0.05) is 57.2 Å². The van der Waals surface area contributed by atoms with Crippen LogP contribution in [0.4, 0.5) is 5.69 Å². The molecule has 0 spiro atoms. The molecule has 1 fully saturated rings. The molecule has 0 amide bonds. The molecule has 1 aliphatic rings. The molecule has 2 rings (SSSR count). The highest BCUT2D eigenvalue weighted by Crippen LogP contribution is 2.29. The van der Waals surface area contributed by atoms with Gasteiger partial charge in [0.25, 0.3) is 5.69 Å². The lowest BCUT2D eigenvalue weighted by Crippen LogP contribution is -2.33. The van der Waals surface area contributed by atoms with Gasteiger partial charge in [-0.05, 0) is 25.3 Å². The fourth-order valence-electron chi connectivity index (χ4n) is 3.48. The van der Waals surface area contributed by atoms with Crippen LogP contribution in [0.5, 0.6) is 0 Å². The highest BCUT2D eigenvalue weighted by molar-refractivity contribution is 5.40. The van der Waals surface area contributed by atoms with Crippen molar-refractivity contribution in [3.8, 4) is 0 Å². The van der Waals surface area contributed by atoms with E-state index in [4.69, 9.17) is 0 Å². The topological polar surface area (TPSA) is 55.2 Å². The van der Waals surface area contributed by atoms with E-state index < -0.39 is 0 Å². The zero-order valence-electron chi connectivity index (χ0n) is 12.9. The van der Waals surface area contributed by atoms with Crippen LogP contribution in [0.15, 0.2) is 24.3 Å². The number of nitrogens with one attached hydrogen (secondary N) is 1. The summed E-state index contributed by atoms with van der Waals surface area (Å²) in [6.07, 6.45) is 8.58. The zero-order chi connectivity index (χ0) is 15.1. The van der Waals surface area contributed by atoms with Crippen LogP contribution in [0.2, 0.25) is 0 Å². The molecular weight excluding hydrogens is 264 g/mol. The third-order valence-corrected chi connectivity index (χ3v) is 4.49. The first-order valence-electron chi connectivity index (χ1n) is 8.16. The molecule has 116 valence electrons. The summed E-state index contributed by atoms with van der Waals surface area (Å²) in [7, 11) is 0. The van der Waals surface area contributed by atoms with E-state index in [9.17, 15) is 10.1 Å². The Hall–Kier alpha value is -1.42. The second-order valence-corrected chi connectivity index (χ2v) is 6.08. The van der Waals surface area contributed by atoms with Crippen LogP contribution >= 0.6 is 0 Å². The average molecular weight is 290 g/mol. The predicted octanol–water partition coefficient (Wildman–Crippen LogP) is 4.09. The van der Waals surface area contributed by atoms with Crippen LogP contribution in [0.25, 0.3) is 0 Å². The number of hydrogen-bond donors (Lipinski definition) is 1. The van der Waals surface area contributed by atoms with Gasteiger partial charge < -0.3 is 5.32 Å². The molecule has 0 bridgehead atoms. The fraction of sp³-hybridized carbons (Fsp3) is 0.647.